The Balaban J connectivity index is 2.12. The Kier molecular flexibility index (Phi) is 5.20. The zero-order valence-electron chi connectivity index (χ0n) is 14.3. The minimum atomic E-state index is -2.14. The molecule has 3 rings (SSSR count). The summed E-state index contributed by atoms with van der Waals surface area (Å²) in [7, 11) is 3.19. The van der Waals surface area contributed by atoms with Gasteiger partial charge in [0.05, 0.1) is 5.69 Å². The zero-order valence-corrected chi connectivity index (χ0v) is 15.1. The standard InChI is InChI=1S/C19H18N2O4S/c1-20-13-14(8-11-19(20)22)17-12-15(21(2)26(23)24)9-10-18(17)25-16-6-4-3-5-7-16/h3-13H,1-2H3,(H,23,24). The molecule has 0 radical (unpaired) electrons. The lowest BCUT2D eigenvalue weighted by atomic mass is 10.1. The summed E-state index contributed by atoms with van der Waals surface area (Å²) in [6.07, 6.45) is 1.70. The van der Waals surface area contributed by atoms with Gasteiger partial charge >= 0.3 is 0 Å². The molecular formula is C19H18N2O4S. The number of hydrogen-bond acceptors (Lipinski definition) is 3. The topological polar surface area (TPSA) is 71.8 Å². The maximum absolute atomic E-state index is 11.7. The molecule has 0 fully saturated rings. The quantitative estimate of drug-likeness (QED) is 0.699. The van der Waals surface area contributed by atoms with Crippen molar-refractivity contribution in [1.29, 1.82) is 0 Å². The molecule has 0 saturated carbocycles. The van der Waals surface area contributed by atoms with Crippen molar-refractivity contribution in [2.75, 3.05) is 11.4 Å². The Morgan fingerprint density at radius 2 is 1.81 bits per heavy atom. The number of aryl methyl sites for hydroxylation is 1. The number of aromatic nitrogens is 1. The van der Waals surface area contributed by atoms with Crippen molar-refractivity contribution >= 4 is 17.0 Å². The number of pyridine rings is 1. The van der Waals surface area contributed by atoms with Crippen molar-refractivity contribution in [3.63, 3.8) is 0 Å². The van der Waals surface area contributed by atoms with Crippen LogP contribution in [-0.4, -0.2) is 20.4 Å². The number of anilines is 1. The molecule has 7 heteroatoms. The van der Waals surface area contributed by atoms with Crippen LogP contribution in [0.15, 0.2) is 71.7 Å². The van der Waals surface area contributed by atoms with Crippen LogP contribution in [0.2, 0.25) is 0 Å². The van der Waals surface area contributed by atoms with Gasteiger partial charge in [0, 0.05) is 37.5 Å². The zero-order chi connectivity index (χ0) is 18.7. The van der Waals surface area contributed by atoms with E-state index in [4.69, 9.17) is 4.74 Å². The lowest BCUT2D eigenvalue weighted by Gasteiger charge is -2.18. The highest BCUT2D eigenvalue weighted by Gasteiger charge is 2.14. The number of rotatable bonds is 5. The first-order valence-electron chi connectivity index (χ1n) is 7.84. The van der Waals surface area contributed by atoms with Crippen molar-refractivity contribution in [3.8, 4) is 22.6 Å². The van der Waals surface area contributed by atoms with Crippen molar-refractivity contribution < 1.29 is 13.5 Å². The molecule has 0 aliphatic heterocycles. The van der Waals surface area contributed by atoms with Gasteiger partial charge in [-0.1, -0.05) is 18.2 Å². The molecule has 134 valence electrons. The van der Waals surface area contributed by atoms with Gasteiger partial charge in [0.25, 0.3) is 11.3 Å². The molecule has 0 aliphatic rings. The second-order valence-corrected chi connectivity index (χ2v) is 6.70. The summed E-state index contributed by atoms with van der Waals surface area (Å²) in [5, 5.41) is 0. The van der Waals surface area contributed by atoms with Crippen molar-refractivity contribution in [2.24, 2.45) is 7.05 Å². The van der Waals surface area contributed by atoms with Crippen LogP contribution in [0.5, 0.6) is 11.5 Å². The highest BCUT2D eigenvalue weighted by molar-refractivity contribution is 7.80. The summed E-state index contributed by atoms with van der Waals surface area (Å²) in [5.41, 5.74) is 1.90. The van der Waals surface area contributed by atoms with E-state index in [9.17, 15) is 13.6 Å². The summed E-state index contributed by atoms with van der Waals surface area (Å²) in [5.74, 6) is 1.25. The molecule has 1 unspecified atom stereocenters. The Bertz CT molecular complexity index is 1000. The van der Waals surface area contributed by atoms with Crippen molar-refractivity contribution in [3.05, 3.63) is 77.2 Å². The third kappa shape index (κ3) is 3.84. The average Bonchev–Trinajstić information content (AvgIpc) is 2.64. The van der Waals surface area contributed by atoms with Crippen LogP contribution in [0.3, 0.4) is 0 Å². The summed E-state index contributed by atoms with van der Waals surface area (Å²) >= 11 is -2.14. The second kappa shape index (κ2) is 7.55. The molecule has 1 atom stereocenters. The van der Waals surface area contributed by atoms with E-state index < -0.39 is 11.3 Å². The van der Waals surface area contributed by atoms with E-state index in [0.29, 0.717) is 22.7 Å². The molecule has 1 aromatic heterocycles. The Hall–Kier alpha value is -2.90. The Labute approximate surface area is 153 Å². The summed E-state index contributed by atoms with van der Waals surface area (Å²) in [6.45, 7) is 0. The Morgan fingerprint density at radius 3 is 2.46 bits per heavy atom. The SMILES string of the molecule is CN(c1ccc(Oc2ccccc2)c(-c2ccc(=O)n(C)c2)c1)S(=O)O. The van der Waals surface area contributed by atoms with Gasteiger partial charge in [-0.2, -0.15) is 0 Å². The number of hydrogen-bond donors (Lipinski definition) is 1. The molecule has 26 heavy (non-hydrogen) atoms. The van der Waals surface area contributed by atoms with Crippen molar-refractivity contribution in [1.82, 2.24) is 4.57 Å². The van der Waals surface area contributed by atoms with Crippen LogP contribution in [-0.2, 0) is 18.3 Å². The molecular weight excluding hydrogens is 352 g/mol. The summed E-state index contributed by atoms with van der Waals surface area (Å²) in [6, 6.07) is 17.7. The fourth-order valence-corrected chi connectivity index (χ4v) is 2.78. The molecule has 0 bridgehead atoms. The summed E-state index contributed by atoms with van der Waals surface area (Å²) in [4.78, 5) is 11.7. The van der Waals surface area contributed by atoms with Gasteiger partial charge in [0.15, 0.2) is 0 Å². The molecule has 0 aliphatic carbocycles. The molecule has 6 nitrogen and oxygen atoms in total. The molecule has 1 heterocycles. The van der Waals surface area contributed by atoms with Crippen LogP contribution in [0.25, 0.3) is 11.1 Å². The van der Waals surface area contributed by atoms with E-state index >= 15 is 0 Å². The highest BCUT2D eigenvalue weighted by Crippen LogP contribution is 2.36. The van der Waals surface area contributed by atoms with Gasteiger partial charge < -0.3 is 9.30 Å². The van der Waals surface area contributed by atoms with Crippen LogP contribution in [0.4, 0.5) is 5.69 Å². The lowest BCUT2D eigenvalue weighted by molar-refractivity contribution is 0.484. The lowest BCUT2D eigenvalue weighted by Crippen LogP contribution is -2.19. The smallest absolute Gasteiger partial charge is 0.261 e. The van der Waals surface area contributed by atoms with Gasteiger partial charge in [-0.3, -0.25) is 13.7 Å². The second-order valence-electron chi connectivity index (χ2n) is 5.69. The fourth-order valence-electron chi connectivity index (χ4n) is 2.49. The monoisotopic (exact) mass is 370 g/mol. The van der Waals surface area contributed by atoms with Crippen LogP contribution < -0.4 is 14.6 Å². The highest BCUT2D eigenvalue weighted by atomic mass is 32.2. The third-order valence-corrected chi connectivity index (χ3v) is 4.61. The fraction of sp³-hybridized carbons (Fsp3) is 0.105. The largest absolute Gasteiger partial charge is 0.457 e. The average molecular weight is 370 g/mol. The molecule has 0 saturated heterocycles. The van der Waals surface area contributed by atoms with Gasteiger partial charge in [0.1, 0.15) is 11.5 Å². The van der Waals surface area contributed by atoms with Crippen molar-refractivity contribution in [2.45, 2.75) is 0 Å². The minimum Gasteiger partial charge on any atom is -0.457 e. The summed E-state index contributed by atoms with van der Waals surface area (Å²) < 4.78 is 29.4. The minimum absolute atomic E-state index is 0.121. The normalized spacial score (nSPS) is 11.8. The van der Waals surface area contributed by atoms with E-state index in [2.05, 4.69) is 0 Å². The number of benzene rings is 2. The van der Waals surface area contributed by atoms with Gasteiger partial charge in [-0.05, 0) is 36.4 Å². The van der Waals surface area contributed by atoms with Gasteiger partial charge in [-0.15, -0.1) is 0 Å². The first kappa shape index (κ1) is 17.9. The molecule has 0 spiro atoms. The van der Waals surface area contributed by atoms with E-state index in [0.717, 1.165) is 5.56 Å². The first-order chi connectivity index (χ1) is 12.5. The molecule has 1 N–H and O–H groups in total. The maximum atomic E-state index is 11.7. The molecule has 2 aromatic carbocycles. The number of ether oxygens (including phenoxy) is 1. The Morgan fingerprint density at radius 1 is 1.08 bits per heavy atom. The molecule has 0 amide bonds. The predicted molar refractivity (Wildman–Crippen MR) is 103 cm³/mol. The van der Waals surface area contributed by atoms with E-state index in [1.54, 1.807) is 37.5 Å². The van der Waals surface area contributed by atoms with Gasteiger partial charge in [0.2, 0.25) is 5.56 Å². The van der Waals surface area contributed by atoms with Crippen LogP contribution >= 0.6 is 0 Å². The number of para-hydroxylation sites is 1. The predicted octanol–water partition coefficient (Wildman–Crippen LogP) is 3.42. The van der Waals surface area contributed by atoms with Crippen LogP contribution in [0, 0.1) is 0 Å². The third-order valence-electron chi connectivity index (χ3n) is 3.93. The van der Waals surface area contributed by atoms with E-state index in [1.807, 2.05) is 30.3 Å². The van der Waals surface area contributed by atoms with Gasteiger partial charge in [-0.25, -0.2) is 4.21 Å². The molecule has 3 aromatic rings. The maximum Gasteiger partial charge on any atom is 0.261 e. The van der Waals surface area contributed by atoms with E-state index in [1.165, 1.54) is 22.0 Å². The van der Waals surface area contributed by atoms with E-state index in [-0.39, 0.29) is 5.56 Å². The first-order valence-corrected chi connectivity index (χ1v) is 8.91. The number of nitrogens with zero attached hydrogens (tertiary/aromatic N) is 2. The van der Waals surface area contributed by atoms with Crippen LogP contribution in [0.1, 0.15) is 0 Å².